The zero-order valence-corrected chi connectivity index (χ0v) is 18.7. The molecule has 1 aliphatic heterocycles. The second-order valence-corrected chi connectivity index (χ2v) is 8.13. The first kappa shape index (κ1) is 21.9. The number of amides is 1. The molecule has 0 aliphatic carbocycles. The maximum atomic E-state index is 13.5. The Hall–Kier alpha value is -3.31. The molecule has 0 aromatic heterocycles. The van der Waals surface area contributed by atoms with Crippen molar-refractivity contribution in [3.63, 3.8) is 0 Å². The minimum absolute atomic E-state index is 0.0111. The summed E-state index contributed by atoms with van der Waals surface area (Å²) in [6.07, 6.45) is 1.57. The third-order valence-electron chi connectivity index (χ3n) is 5.95. The Morgan fingerprint density at radius 1 is 0.906 bits per heavy atom. The summed E-state index contributed by atoms with van der Waals surface area (Å²) in [7, 11) is 1.68. The standard InChI is InChI=1S/C27H30N2O3/c1-27(23-14-7-9-16-25(23)32-20-17-21-11-4-3-5-12-21)28-24-15-8-6-13-22(24)26(30)29(27)18-10-19-31-2/h3-9,11-16,28H,10,17-20H2,1-2H3. The van der Waals surface area contributed by atoms with Crippen LogP contribution in [0.2, 0.25) is 0 Å². The lowest BCUT2D eigenvalue weighted by molar-refractivity contribution is 0.0498. The molecule has 0 bridgehead atoms. The highest BCUT2D eigenvalue weighted by molar-refractivity contribution is 6.02. The zero-order chi connectivity index (χ0) is 22.4. The van der Waals surface area contributed by atoms with E-state index in [1.54, 1.807) is 7.11 Å². The van der Waals surface area contributed by atoms with Crippen molar-refractivity contribution in [3.05, 3.63) is 95.6 Å². The van der Waals surface area contributed by atoms with Crippen LogP contribution in [0.1, 0.15) is 34.8 Å². The summed E-state index contributed by atoms with van der Waals surface area (Å²) in [6, 6.07) is 25.9. The number of rotatable bonds is 9. The minimum Gasteiger partial charge on any atom is -0.493 e. The van der Waals surface area contributed by atoms with E-state index in [-0.39, 0.29) is 5.91 Å². The predicted octanol–water partition coefficient (Wildman–Crippen LogP) is 5.09. The lowest BCUT2D eigenvalue weighted by atomic mass is 9.92. The molecular weight excluding hydrogens is 400 g/mol. The zero-order valence-electron chi connectivity index (χ0n) is 18.7. The number of nitrogens with zero attached hydrogens (tertiary/aromatic N) is 1. The molecule has 166 valence electrons. The van der Waals surface area contributed by atoms with Gasteiger partial charge in [-0.05, 0) is 37.1 Å². The number of hydrogen-bond acceptors (Lipinski definition) is 4. The molecule has 32 heavy (non-hydrogen) atoms. The van der Waals surface area contributed by atoms with Crippen LogP contribution in [-0.4, -0.2) is 37.7 Å². The Balaban J connectivity index is 1.64. The Morgan fingerprint density at radius 3 is 2.44 bits per heavy atom. The quantitative estimate of drug-likeness (QED) is 0.481. The van der Waals surface area contributed by atoms with Crippen LogP contribution in [0, 0.1) is 0 Å². The van der Waals surface area contributed by atoms with Crippen molar-refractivity contribution in [1.82, 2.24) is 4.90 Å². The lowest BCUT2D eigenvalue weighted by Gasteiger charge is -2.47. The molecular formula is C27H30N2O3. The smallest absolute Gasteiger partial charge is 0.258 e. The summed E-state index contributed by atoms with van der Waals surface area (Å²) in [4.78, 5) is 15.4. The van der Waals surface area contributed by atoms with Crippen LogP contribution in [0.25, 0.3) is 0 Å². The van der Waals surface area contributed by atoms with E-state index < -0.39 is 5.66 Å². The van der Waals surface area contributed by atoms with Crippen LogP contribution in [0.5, 0.6) is 5.75 Å². The van der Waals surface area contributed by atoms with Crippen molar-refractivity contribution in [1.29, 1.82) is 0 Å². The van der Waals surface area contributed by atoms with Gasteiger partial charge >= 0.3 is 0 Å². The largest absolute Gasteiger partial charge is 0.493 e. The summed E-state index contributed by atoms with van der Waals surface area (Å²) in [5.74, 6) is 0.791. The fourth-order valence-electron chi connectivity index (χ4n) is 4.28. The van der Waals surface area contributed by atoms with Crippen molar-refractivity contribution >= 4 is 11.6 Å². The monoisotopic (exact) mass is 430 g/mol. The first-order valence-electron chi connectivity index (χ1n) is 11.1. The van der Waals surface area contributed by atoms with Crippen LogP contribution < -0.4 is 10.1 Å². The summed E-state index contributed by atoms with van der Waals surface area (Å²) in [5.41, 5.74) is 2.94. The molecule has 1 unspecified atom stereocenters. The summed E-state index contributed by atoms with van der Waals surface area (Å²) in [5, 5.41) is 3.63. The molecule has 5 nitrogen and oxygen atoms in total. The van der Waals surface area contributed by atoms with Gasteiger partial charge in [-0.15, -0.1) is 0 Å². The summed E-state index contributed by atoms with van der Waals surface area (Å²) in [6.45, 7) is 3.78. The van der Waals surface area contributed by atoms with E-state index in [9.17, 15) is 4.79 Å². The fourth-order valence-corrected chi connectivity index (χ4v) is 4.28. The molecule has 4 rings (SSSR count). The molecule has 1 heterocycles. The van der Waals surface area contributed by atoms with Gasteiger partial charge in [-0.3, -0.25) is 4.79 Å². The van der Waals surface area contributed by atoms with E-state index >= 15 is 0 Å². The maximum Gasteiger partial charge on any atom is 0.258 e. The van der Waals surface area contributed by atoms with Crippen molar-refractivity contribution in [2.24, 2.45) is 0 Å². The predicted molar refractivity (Wildman–Crippen MR) is 127 cm³/mol. The van der Waals surface area contributed by atoms with E-state index in [2.05, 4.69) is 17.4 Å². The van der Waals surface area contributed by atoms with Gasteiger partial charge in [0.25, 0.3) is 5.91 Å². The summed E-state index contributed by atoms with van der Waals surface area (Å²) >= 11 is 0. The van der Waals surface area contributed by atoms with Gasteiger partial charge in [0.05, 0.1) is 12.2 Å². The van der Waals surface area contributed by atoms with Crippen LogP contribution in [-0.2, 0) is 16.8 Å². The third kappa shape index (κ3) is 4.48. The molecule has 1 N–H and O–H groups in total. The number of fused-ring (bicyclic) bond motifs is 1. The third-order valence-corrected chi connectivity index (χ3v) is 5.95. The van der Waals surface area contributed by atoms with Gasteiger partial charge in [-0.25, -0.2) is 0 Å². The number of hydrogen-bond donors (Lipinski definition) is 1. The number of carbonyl (C=O) groups excluding carboxylic acids is 1. The average Bonchev–Trinajstić information content (AvgIpc) is 2.82. The Labute approximate surface area is 190 Å². The van der Waals surface area contributed by atoms with Gasteiger partial charge in [-0.1, -0.05) is 60.7 Å². The van der Waals surface area contributed by atoms with E-state index in [4.69, 9.17) is 9.47 Å². The van der Waals surface area contributed by atoms with Crippen LogP contribution in [0.3, 0.4) is 0 Å². The number of para-hydroxylation sites is 2. The van der Waals surface area contributed by atoms with Gasteiger partial charge in [0.1, 0.15) is 11.4 Å². The first-order chi connectivity index (χ1) is 15.6. The summed E-state index contributed by atoms with van der Waals surface area (Å²) < 4.78 is 11.5. The fraction of sp³-hybridized carbons (Fsp3) is 0.296. The van der Waals surface area contributed by atoms with E-state index in [1.165, 1.54) is 5.56 Å². The first-order valence-corrected chi connectivity index (χ1v) is 11.1. The molecule has 0 spiro atoms. The normalized spacial score (nSPS) is 17.6. The van der Waals surface area contributed by atoms with Crippen molar-refractivity contribution < 1.29 is 14.3 Å². The second kappa shape index (κ2) is 9.88. The molecule has 1 aliphatic rings. The molecule has 5 heteroatoms. The second-order valence-electron chi connectivity index (χ2n) is 8.13. The number of anilines is 1. The Kier molecular flexibility index (Phi) is 6.76. The molecule has 0 radical (unpaired) electrons. The molecule has 0 fully saturated rings. The van der Waals surface area contributed by atoms with Gasteiger partial charge in [0.15, 0.2) is 0 Å². The average molecular weight is 431 g/mol. The van der Waals surface area contributed by atoms with E-state index in [0.29, 0.717) is 25.3 Å². The van der Waals surface area contributed by atoms with Crippen LogP contribution >= 0.6 is 0 Å². The van der Waals surface area contributed by atoms with Gasteiger partial charge in [-0.2, -0.15) is 0 Å². The van der Waals surface area contributed by atoms with Crippen LogP contribution in [0.15, 0.2) is 78.9 Å². The highest BCUT2D eigenvalue weighted by Crippen LogP contribution is 2.41. The highest BCUT2D eigenvalue weighted by atomic mass is 16.5. The molecule has 1 atom stereocenters. The molecule has 3 aromatic rings. The SMILES string of the molecule is COCCCN1C(=O)c2ccccc2NC1(C)c1ccccc1OCCc1ccccc1. The Bertz CT molecular complexity index is 1050. The Morgan fingerprint density at radius 2 is 1.62 bits per heavy atom. The van der Waals surface area contributed by atoms with Gasteiger partial charge in [0, 0.05) is 37.9 Å². The van der Waals surface area contributed by atoms with Crippen molar-refractivity contribution in [2.75, 3.05) is 32.2 Å². The minimum atomic E-state index is -0.748. The molecule has 1 amide bonds. The highest BCUT2D eigenvalue weighted by Gasteiger charge is 2.43. The van der Waals surface area contributed by atoms with Crippen LogP contribution in [0.4, 0.5) is 5.69 Å². The maximum absolute atomic E-state index is 13.5. The van der Waals surface area contributed by atoms with Gasteiger partial charge in [0.2, 0.25) is 0 Å². The van der Waals surface area contributed by atoms with Crippen molar-refractivity contribution in [3.8, 4) is 5.75 Å². The topological polar surface area (TPSA) is 50.8 Å². The number of methoxy groups -OCH3 is 1. The molecule has 3 aromatic carbocycles. The lowest BCUT2D eigenvalue weighted by Crippen LogP contribution is -2.56. The van der Waals surface area contributed by atoms with E-state index in [0.717, 1.165) is 29.8 Å². The van der Waals surface area contributed by atoms with Gasteiger partial charge < -0.3 is 19.7 Å². The molecule has 0 saturated heterocycles. The van der Waals surface area contributed by atoms with Crippen molar-refractivity contribution in [2.45, 2.75) is 25.4 Å². The number of ether oxygens (including phenoxy) is 2. The number of carbonyl (C=O) groups is 1. The molecule has 0 saturated carbocycles. The number of nitrogens with one attached hydrogen (secondary N) is 1. The number of benzene rings is 3. The van der Waals surface area contributed by atoms with E-state index in [1.807, 2.05) is 78.6 Å².